The molecule has 1 aromatic heterocycles. The minimum Gasteiger partial charge on any atom is -0.486 e. The van der Waals surface area contributed by atoms with E-state index in [0.717, 1.165) is 24.2 Å². The topological polar surface area (TPSA) is 86.3 Å². The van der Waals surface area contributed by atoms with Gasteiger partial charge in [0.1, 0.15) is 12.4 Å². The first-order chi connectivity index (χ1) is 15.8. The number of thioether (sulfide) groups is 1. The van der Waals surface area contributed by atoms with Gasteiger partial charge >= 0.3 is 0 Å². The molecule has 33 heavy (non-hydrogen) atoms. The number of rotatable bonds is 9. The molecule has 174 valence electrons. The molecule has 0 unspecified atom stereocenters. The van der Waals surface area contributed by atoms with E-state index in [0.29, 0.717) is 23.6 Å². The van der Waals surface area contributed by atoms with E-state index < -0.39 is 0 Å². The normalized spacial score (nSPS) is 13.7. The van der Waals surface area contributed by atoms with Gasteiger partial charge in [-0.3, -0.25) is 4.79 Å². The molecule has 0 aliphatic heterocycles. The minimum atomic E-state index is 0.0890. The molecule has 3 aromatic rings. The summed E-state index contributed by atoms with van der Waals surface area (Å²) in [6, 6.07) is 18.5. The molecule has 8 heteroatoms. The Labute approximate surface area is 199 Å². The third-order valence-corrected chi connectivity index (χ3v) is 6.58. The van der Waals surface area contributed by atoms with E-state index in [4.69, 9.17) is 10.6 Å². The molecule has 1 aliphatic carbocycles. The number of carbonyl (C=O) groups is 1. The first-order valence-electron chi connectivity index (χ1n) is 11.2. The zero-order valence-corrected chi connectivity index (χ0v) is 20.2. The summed E-state index contributed by atoms with van der Waals surface area (Å²) >= 11 is 1.30. The molecular weight excluding hydrogens is 434 g/mol. The average Bonchev–Trinajstić information content (AvgIpc) is 3.58. The Bertz CT molecular complexity index is 1070. The lowest BCUT2D eigenvalue weighted by molar-refractivity contribution is -0.129. The summed E-state index contributed by atoms with van der Waals surface area (Å²) in [6.07, 6.45) is 2.13. The number of amides is 1. The van der Waals surface area contributed by atoms with Gasteiger partial charge < -0.3 is 15.5 Å². The highest BCUT2D eigenvalue weighted by atomic mass is 32.2. The number of aromatic nitrogens is 3. The van der Waals surface area contributed by atoms with Crippen LogP contribution in [-0.2, 0) is 23.4 Å². The molecule has 7 nitrogen and oxygen atoms in total. The van der Waals surface area contributed by atoms with Gasteiger partial charge in [0.05, 0.1) is 5.75 Å². The molecule has 2 N–H and O–H groups in total. The predicted molar refractivity (Wildman–Crippen MR) is 130 cm³/mol. The van der Waals surface area contributed by atoms with E-state index in [1.54, 1.807) is 0 Å². The highest BCUT2D eigenvalue weighted by Gasteiger charge is 2.32. The largest absolute Gasteiger partial charge is 0.486 e. The van der Waals surface area contributed by atoms with E-state index in [2.05, 4.69) is 55.2 Å². The molecule has 0 atom stereocenters. The summed E-state index contributed by atoms with van der Waals surface area (Å²) in [5, 5.41) is 8.79. The molecule has 4 rings (SSSR count). The van der Waals surface area contributed by atoms with Gasteiger partial charge in [-0.05, 0) is 41.5 Å². The SMILES string of the molecule is CC(C)(C)c1ccc(OCc2nnc(SCC(=O)N(Cc3ccccc3)C3CC3)n2N)cc1. The van der Waals surface area contributed by atoms with Gasteiger partial charge in [0.2, 0.25) is 11.1 Å². The quantitative estimate of drug-likeness (QED) is 0.377. The van der Waals surface area contributed by atoms with Crippen molar-refractivity contribution in [2.75, 3.05) is 11.6 Å². The Hall–Kier alpha value is -3.00. The maximum atomic E-state index is 12.9. The van der Waals surface area contributed by atoms with Gasteiger partial charge in [0.15, 0.2) is 5.82 Å². The van der Waals surface area contributed by atoms with Crippen LogP contribution in [0.1, 0.15) is 50.6 Å². The van der Waals surface area contributed by atoms with Gasteiger partial charge in [0.25, 0.3) is 0 Å². The summed E-state index contributed by atoms with van der Waals surface area (Å²) in [6.45, 7) is 7.36. The molecule has 2 aromatic carbocycles. The number of benzene rings is 2. The fourth-order valence-electron chi connectivity index (χ4n) is 3.50. The molecule has 0 saturated heterocycles. The number of ether oxygens (including phenoxy) is 1. The predicted octanol–water partition coefficient (Wildman–Crippen LogP) is 4.15. The summed E-state index contributed by atoms with van der Waals surface area (Å²) in [4.78, 5) is 14.9. The lowest BCUT2D eigenvalue weighted by Crippen LogP contribution is -2.34. The average molecular weight is 466 g/mol. The molecule has 1 aliphatic rings. The Balaban J connectivity index is 1.31. The van der Waals surface area contributed by atoms with Crippen LogP contribution in [0, 0.1) is 0 Å². The molecule has 1 heterocycles. The monoisotopic (exact) mass is 465 g/mol. The first kappa shape index (κ1) is 23.2. The Morgan fingerprint density at radius 3 is 2.45 bits per heavy atom. The van der Waals surface area contributed by atoms with Crippen LogP contribution in [0.5, 0.6) is 5.75 Å². The van der Waals surface area contributed by atoms with Crippen LogP contribution in [-0.4, -0.2) is 37.5 Å². The third kappa shape index (κ3) is 6.07. The van der Waals surface area contributed by atoms with Gasteiger partial charge in [0, 0.05) is 12.6 Å². The van der Waals surface area contributed by atoms with Crippen LogP contribution in [0.3, 0.4) is 0 Å². The lowest BCUT2D eigenvalue weighted by atomic mass is 9.87. The van der Waals surface area contributed by atoms with Crippen LogP contribution < -0.4 is 10.6 Å². The fourth-order valence-corrected chi connectivity index (χ4v) is 4.26. The van der Waals surface area contributed by atoms with Crippen molar-refractivity contribution < 1.29 is 9.53 Å². The van der Waals surface area contributed by atoms with Crippen molar-refractivity contribution in [3.63, 3.8) is 0 Å². The maximum absolute atomic E-state index is 12.9. The van der Waals surface area contributed by atoms with Crippen molar-refractivity contribution in [1.29, 1.82) is 0 Å². The molecule has 1 amide bonds. The highest BCUT2D eigenvalue weighted by molar-refractivity contribution is 7.99. The summed E-state index contributed by atoms with van der Waals surface area (Å²) in [7, 11) is 0. The van der Waals surface area contributed by atoms with Crippen LogP contribution in [0.2, 0.25) is 0 Å². The number of nitrogen functional groups attached to an aromatic ring is 1. The van der Waals surface area contributed by atoms with E-state index in [1.807, 2.05) is 35.2 Å². The van der Waals surface area contributed by atoms with Crippen LogP contribution in [0.4, 0.5) is 0 Å². The van der Waals surface area contributed by atoms with Crippen LogP contribution in [0.25, 0.3) is 0 Å². The van der Waals surface area contributed by atoms with Crippen molar-refractivity contribution >= 4 is 17.7 Å². The Kier molecular flexibility index (Phi) is 6.93. The molecule has 1 fully saturated rings. The Morgan fingerprint density at radius 1 is 1.12 bits per heavy atom. The Morgan fingerprint density at radius 2 is 1.82 bits per heavy atom. The standard InChI is InChI=1S/C25H31N5O2S/c1-25(2,3)19-9-13-21(14-10-19)32-16-22-27-28-24(30(22)26)33-17-23(31)29(20-11-12-20)15-18-7-5-4-6-8-18/h4-10,13-14,20H,11-12,15-17,26H2,1-3H3. The second kappa shape index (κ2) is 9.87. The fraction of sp³-hybridized carbons (Fsp3) is 0.400. The van der Waals surface area contributed by atoms with E-state index in [-0.39, 0.29) is 23.7 Å². The van der Waals surface area contributed by atoms with Gasteiger partial charge in [-0.25, -0.2) is 4.68 Å². The van der Waals surface area contributed by atoms with Gasteiger partial charge in [-0.2, -0.15) is 0 Å². The van der Waals surface area contributed by atoms with Crippen molar-refractivity contribution in [3.8, 4) is 5.75 Å². The van der Waals surface area contributed by atoms with E-state index in [9.17, 15) is 4.79 Å². The smallest absolute Gasteiger partial charge is 0.233 e. The molecule has 0 bridgehead atoms. The number of nitrogens with two attached hydrogens (primary N) is 1. The van der Waals surface area contributed by atoms with E-state index in [1.165, 1.54) is 22.0 Å². The molecular formula is C25H31N5O2S. The zero-order chi connectivity index (χ0) is 23.4. The van der Waals surface area contributed by atoms with E-state index >= 15 is 0 Å². The second-order valence-corrected chi connectivity index (χ2v) is 10.3. The summed E-state index contributed by atoms with van der Waals surface area (Å²) in [5.41, 5.74) is 2.47. The van der Waals surface area contributed by atoms with Gasteiger partial charge in [-0.1, -0.05) is 75.0 Å². The number of nitrogens with zero attached hydrogens (tertiary/aromatic N) is 4. The molecule has 0 spiro atoms. The van der Waals surface area contributed by atoms with Crippen molar-refractivity contribution in [2.24, 2.45) is 0 Å². The summed E-state index contributed by atoms with van der Waals surface area (Å²) in [5.74, 6) is 7.79. The number of carbonyl (C=O) groups excluding carboxylic acids is 1. The maximum Gasteiger partial charge on any atom is 0.233 e. The number of hydrogen-bond donors (Lipinski definition) is 1. The van der Waals surface area contributed by atoms with Crippen molar-refractivity contribution in [1.82, 2.24) is 19.8 Å². The number of hydrogen-bond acceptors (Lipinski definition) is 6. The first-order valence-corrected chi connectivity index (χ1v) is 12.2. The van der Waals surface area contributed by atoms with Gasteiger partial charge in [-0.15, -0.1) is 10.2 Å². The molecule has 0 radical (unpaired) electrons. The van der Waals surface area contributed by atoms with Crippen molar-refractivity contribution in [2.45, 2.75) is 63.4 Å². The van der Waals surface area contributed by atoms with Crippen LogP contribution >= 0.6 is 11.8 Å². The van der Waals surface area contributed by atoms with Crippen LogP contribution in [0.15, 0.2) is 59.8 Å². The molecule has 1 saturated carbocycles. The summed E-state index contributed by atoms with van der Waals surface area (Å²) < 4.78 is 7.24. The zero-order valence-electron chi connectivity index (χ0n) is 19.4. The lowest BCUT2D eigenvalue weighted by Gasteiger charge is -2.22. The highest BCUT2D eigenvalue weighted by Crippen LogP contribution is 2.30. The second-order valence-electron chi connectivity index (χ2n) is 9.36. The minimum absolute atomic E-state index is 0.0890. The third-order valence-electron chi connectivity index (χ3n) is 5.65. The van der Waals surface area contributed by atoms with Crippen molar-refractivity contribution in [3.05, 3.63) is 71.5 Å².